The monoisotopic (exact) mass is 183 g/mol. The van der Waals surface area contributed by atoms with E-state index in [1.165, 1.54) is 0 Å². The predicted molar refractivity (Wildman–Crippen MR) is 45.1 cm³/mol. The van der Waals surface area contributed by atoms with Crippen molar-refractivity contribution >= 4 is 11.9 Å². The second-order valence-corrected chi connectivity index (χ2v) is 3.85. The van der Waals surface area contributed by atoms with Crippen molar-refractivity contribution in [1.82, 2.24) is 4.90 Å². The number of carbonyl (C=O) groups excluding carboxylic acids is 1. The predicted octanol–water partition coefficient (Wildman–Crippen LogP) is 0.472. The van der Waals surface area contributed by atoms with E-state index < -0.39 is 5.97 Å². The van der Waals surface area contributed by atoms with Gasteiger partial charge in [0.1, 0.15) is 0 Å². The van der Waals surface area contributed by atoms with Gasteiger partial charge < -0.3 is 10.0 Å². The van der Waals surface area contributed by atoms with E-state index in [1.54, 1.807) is 4.90 Å². The van der Waals surface area contributed by atoms with Gasteiger partial charge in [0.2, 0.25) is 5.91 Å². The summed E-state index contributed by atoms with van der Waals surface area (Å²) in [4.78, 5) is 23.7. The average Bonchev–Trinajstić information content (AvgIpc) is 2.79. The molecule has 0 bridgehead atoms. The lowest BCUT2D eigenvalue weighted by molar-refractivity contribution is -0.146. The van der Waals surface area contributed by atoms with Crippen LogP contribution in [-0.2, 0) is 9.59 Å². The molecule has 4 nitrogen and oxygen atoms in total. The molecule has 1 unspecified atom stereocenters. The first-order valence-electron chi connectivity index (χ1n) is 4.71. The van der Waals surface area contributed by atoms with Crippen LogP contribution in [0.1, 0.15) is 25.7 Å². The number of carboxylic acid groups (broad SMARTS) is 1. The number of likely N-dealkylation sites (tertiary alicyclic amines) is 1. The van der Waals surface area contributed by atoms with Crippen LogP contribution in [0.4, 0.5) is 0 Å². The summed E-state index contributed by atoms with van der Waals surface area (Å²) < 4.78 is 0. The van der Waals surface area contributed by atoms with Crippen LogP contribution in [0.5, 0.6) is 0 Å². The number of aliphatic carboxylic acids is 1. The molecule has 0 aromatic rings. The van der Waals surface area contributed by atoms with Gasteiger partial charge in [-0.15, -0.1) is 0 Å². The molecule has 2 aliphatic rings. The molecule has 4 heteroatoms. The van der Waals surface area contributed by atoms with E-state index in [4.69, 9.17) is 5.11 Å². The van der Waals surface area contributed by atoms with Crippen molar-refractivity contribution in [1.29, 1.82) is 0 Å². The lowest BCUT2D eigenvalue weighted by Gasteiger charge is -2.40. The molecule has 1 heterocycles. The van der Waals surface area contributed by atoms with Crippen molar-refractivity contribution in [2.45, 2.75) is 31.7 Å². The minimum atomic E-state index is -0.807. The number of amides is 1. The molecule has 13 heavy (non-hydrogen) atoms. The molecular formula is C9H13NO3. The molecule has 1 amide bonds. The van der Waals surface area contributed by atoms with Crippen LogP contribution in [0.25, 0.3) is 0 Å². The van der Waals surface area contributed by atoms with E-state index in [2.05, 4.69) is 0 Å². The summed E-state index contributed by atoms with van der Waals surface area (Å²) in [6.45, 7) is 0.757. The van der Waals surface area contributed by atoms with Gasteiger partial charge in [-0.3, -0.25) is 9.59 Å². The molecule has 0 aromatic carbocycles. The molecule has 1 N–H and O–H groups in total. The zero-order chi connectivity index (χ0) is 9.42. The fourth-order valence-corrected chi connectivity index (χ4v) is 1.71. The third-order valence-corrected chi connectivity index (χ3v) is 2.76. The topological polar surface area (TPSA) is 57.6 Å². The highest BCUT2D eigenvalue weighted by atomic mass is 16.4. The van der Waals surface area contributed by atoms with Crippen LogP contribution in [-0.4, -0.2) is 34.5 Å². The number of carbonyl (C=O) groups is 2. The van der Waals surface area contributed by atoms with Gasteiger partial charge in [-0.1, -0.05) is 0 Å². The van der Waals surface area contributed by atoms with Gasteiger partial charge in [0.25, 0.3) is 0 Å². The van der Waals surface area contributed by atoms with Crippen molar-refractivity contribution < 1.29 is 14.7 Å². The Balaban J connectivity index is 1.86. The Hall–Kier alpha value is -1.06. The molecule has 1 atom stereocenters. The first kappa shape index (κ1) is 8.53. The van der Waals surface area contributed by atoms with Gasteiger partial charge in [0, 0.05) is 18.5 Å². The van der Waals surface area contributed by atoms with Crippen molar-refractivity contribution in [2.24, 2.45) is 5.92 Å². The highest BCUT2D eigenvalue weighted by molar-refractivity contribution is 5.82. The molecule has 2 rings (SSSR count). The zero-order valence-corrected chi connectivity index (χ0v) is 7.40. The van der Waals surface area contributed by atoms with E-state index in [1.807, 2.05) is 0 Å². The van der Waals surface area contributed by atoms with E-state index in [9.17, 15) is 9.59 Å². The van der Waals surface area contributed by atoms with Crippen LogP contribution in [0.2, 0.25) is 0 Å². The maximum Gasteiger partial charge on any atom is 0.305 e. The van der Waals surface area contributed by atoms with Crippen LogP contribution in [0.15, 0.2) is 0 Å². The minimum absolute atomic E-state index is 0.0226. The molecule has 0 aromatic heterocycles. The quantitative estimate of drug-likeness (QED) is 0.692. The van der Waals surface area contributed by atoms with Crippen LogP contribution < -0.4 is 0 Å². The number of nitrogens with zero attached hydrogens (tertiary/aromatic N) is 1. The van der Waals surface area contributed by atoms with Gasteiger partial charge in [-0.25, -0.2) is 0 Å². The van der Waals surface area contributed by atoms with Crippen LogP contribution in [0, 0.1) is 5.92 Å². The molecule has 1 aliphatic carbocycles. The first-order chi connectivity index (χ1) is 6.18. The number of rotatable bonds is 3. The van der Waals surface area contributed by atoms with Gasteiger partial charge >= 0.3 is 5.97 Å². The fraction of sp³-hybridized carbons (Fsp3) is 0.778. The number of carboxylic acids is 1. The summed E-state index contributed by atoms with van der Waals surface area (Å²) in [7, 11) is 0. The van der Waals surface area contributed by atoms with E-state index in [0.717, 1.165) is 25.8 Å². The summed E-state index contributed by atoms with van der Waals surface area (Å²) >= 11 is 0. The summed E-state index contributed by atoms with van der Waals surface area (Å²) in [5, 5.41) is 8.56. The maximum absolute atomic E-state index is 11.5. The summed E-state index contributed by atoms with van der Waals surface area (Å²) in [6.07, 6.45) is 2.95. The smallest absolute Gasteiger partial charge is 0.305 e. The summed E-state index contributed by atoms with van der Waals surface area (Å²) in [6, 6.07) is -0.0226. The second kappa shape index (κ2) is 3.01. The van der Waals surface area contributed by atoms with E-state index in [0.29, 0.717) is 0 Å². The Bertz CT molecular complexity index is 247. The lowest BCUT2D eigenvalue weighted by atomic mass is 9.99. The van der Waals surface area contributed by atoms with Gasteiger partial charge in [0.05, 0.1) is 6.42 Å². The standard InChI is InChI=1S/C9H13NO3/c11-8(12)5-7-3-4-10(7)9(13)6-1-2-6/h6-7H,1-5H2,(H,11,12). The van der Waals surface area contributed by atoms with E-state index >= 15 is 0 Å². The summed E-state index contributed by atoms with van der Waals surface area (Å²) in [5.41, 5.74) is 0. The van der Waals surface area contributed by atoms with Gasteiger partial charge in [-0.2, -0.15) is 0 Å². The van der Waals surface area contributed by atoms with E-state index in [-0.39, 0.29) is 24.3 Å². The Morgan fingerprint density at radius 3 is 2.38 bits per heavy atom. The van der Waals surface area contributed by atoms with Gasteiger partial charge in [-0.05, 0) is 19.3 Å². The highest BCUT2D eigenvalue weighted by Crippen LogP contribution is 2.34. The van der Waals surface area contributed by atoms with Crippen molar-refractivity contribution in [3.8, 4) is 0 Å². The molecule has 0 radical (unpaired) electrons. The first-order valence-corrected chi connectivity index (χ1v) is 4.71. The number of hydrogen-bond acceptors (Lipinski definition) is 2. The van der Waals surface area contributed by atoms with Crippen molar-refractivity contribution in [3.05, 3.63) is 0 Å². The third-order valence-electron chi connectivity index (χ3n) is 2.76. The summed E-state index contributed by atoms with van der Waals surface area (Å²) in [5.74, 6) is -0.410. The Morgan fingerprint density at radius 1 is 1.31 bits per heavy atom. The molecule has 72 valence electrons. The number of hydrogen-bond donors (Lipinski definition) is 1. The molecule has 1 aliphatic heterocycles. The zero-order valence-electron chi connectivity index (χ0n) is 7.40. The second-order valence-electron chi connectivity index (χ2n) is 3.85. The molecule has 0 spiro atoms. The fourth-order valence-electron chi connectivity index (χ4n) is 1.71. The SMILES string of the molecule is O=C(O)CC1CCN1C(=O)C1CC1. The van der Waals surface area contributed by atoms with Crippen molar-refractivity contribution in [2.75, 3.05) is 6.54 Å². The normalized spacial score (nSPS) is 26.8. The molecule has 1 saturated heterocycles. The van der Waals surface area contributed by atoms with Crippen molar-refractivity contribution in [3.63, 3.8) is 0 Å². The Labute approximate surface area is 76.5 Å². The Morgan fingerprint density at radius 2 is 2.00 bits per heavy atom. The van der Waals surface area contributed by atoms with Gasteiger partial charge in [0.15, 0.2) is 0 Å². The van der Waals surface area contributed by atoms with Crippen LogP contribution >= 0.6 is 0 Å². The molecular weight excluding hydrogens is 170 g/mol. The maximum atomic E-state index is 11.5. The largest absolute Gasteiger partial charge is 0.481 e. The lowest BCUT2D eigenvalue weighted by Crippen LogP contribution is -2.52. The Kier molecular flexibility index (Phi) is 1.98. The highest BCUT2D eigenvalue weighted by Gasteiger charge is 2.40. The molecule has 1 saturated carbocycles. The average molecular weight is 183 g/mol. The van der Waals surface area contributed by atoms with Crippen LogP contribution in [0.3, 0.4) is 0 Å². The molecule has 2 fully saturated rings. The minimum Gasteiger partial charge on any atom is -0.481 e. The third kappa shape index (κ3) is 1.66.